The molecule has 6 heteroatoms. The molecule has 0 bridgehead atoms. The van der Waals surface area contributed by atoms with E-state index in [0.717, 1.165) is 45.2 Å². The van der Waals surface area contributed by atoms with Crippen LogP contribution < -0.4 is 4.90 Å². The molecule has 1 aromatic rings. The van der Waals surface area contributed by atoms with Crippen LogP contribution in [0.5, 0.6) is 0 Å². The summed E-state index contributed by atoms with van der Waals surface area (Å²) in [6, 6.07) is 0. The molecule has 2 saturated heterocycles. The molecule has 2 aliphatic rings. The van der Waals surface area contributed by atoms with E-state index < -0.39 is 0 Å². The van der Waals surface area contributed by atoms with Crippen molar-refractivity contribution in [1.29, 1.82) is 0 Å². The van der Waals surface area contributed by atoms with Crippen molar-refractivity contribution in [3.8, 4) is 0 Å². The Morgan fingerprint density at radius 3 is 2.20 bits per heavy atom. The van der Waals surface area contributed by atoms with Gasteiger partial charge in [-0.25, -0.2) is 9.97 Å². The lowest BCUT2D eigenvalue weighted by Crippen LogP contribution is -2.47. The Morgan fingerprint density at radius 1 is 1.00 bits per heavy atom. The summed E-state index contributed by atoms with van der Waals surface area (Å²) in [5.74, 6) is 0.795. The van der Waals surface area contributed by atoms with Crippen LogP contribution in [-0.4, -0.2) is 72.0 Å². The SMILES string of the molecule is CN1CCN(C(=O)c2cnc(N3CCCC3)nc2)CC1. The summed E-state index contributed by atoms with van der Waals surface area (Å²) >= 11 is 0. The average Bonchev–Trinajstić information content (AvgIpc) is 3.02. The van der Waals surface area contributed by atoms with Gasteiger partial charge < -0.3 is 14.7 Å². The van der Waals surface area contributed by atoms with Crippen molar-refractivity contribution >= 4 is 11.9 Å². The maximum Gasteiger partial charge on any atom is 0.257 e. The van der Waals surface area contributed by atoms with Gasteiger partial charge in [-0.05, 0) is 19.9 Å². The maximum absolute atomic E-state index is 12.4. The smallest absolute Gasteiger partial charge is 0.257 e. The fraction of sp³-hybridized carbons (Fsp3) is 0.643. The first-order chi connectivity index (χ1) is 9.74. The van der Waals surface area contributed by atoms with E-state index in [4.69, 9.17) is 0 Å². The van der Waals surface area contributed by atoms with Crippen LogP contribution in [0, 0.1) is 0 Å². The summed E-state index contributed by atoms with van der Waals surface area (Å²) in [6.45, 7) is 5.46. The van der Waals surface area contributed by atoms with Crippen LogP contribution in [0.4, 0.5) is 5.95 Å². The third kappa shape index (κ3) is 2.75. The summed E-state index contributed by atoms with van der Waals surface area (Å²) in [5, 5.41) is 0. The molecule has 108 valence electrons. The van der Waals surface area contributed by atoms with Gasteiger partial charge in [0.25, 0.3) is 5.91 Å². The third-order valence-electron chi connectivity index (χ3n) is 4.06. The van der Waals surface area contributed by atoms with Crippen LogP contribution in [0.15, 0.2) is 12.4 Å². The quantitative estimate of drug-likeness (QED) is 0.785. The highest BCUT2D eigenvalue weighted by Gasteiger charge is 2.21. The molecule has 2 fully saturated rings. The first-order valence-electron chi connectivity index (χ1n) is 7.29. The van der Waals surface area contributed by atoms with Crippen molar-refractivity contribution in [2.75, 3.05) is 51.2 Å². The fourth-order valence-corrected chi connectivity index (χ4v) is 2.70. The molecule has 0 radical (unpaired) electrons. The van der Waals surface area contributed by atoms with Crippen LogP contribution in [0.1, 0.15) is 23.2 Å². The molecule has 6 nitrogen and oxygen atoms in total. The van der Waals surface area contributed by atoms with E-state index in [2.05, 4.69) is 26.8 Å². The van der Waals surface area contributed by atoms with Gasteiger partial charge in [0, 0.05) is 51.7 Å². The van der Waals surface area contributed by atoms with Gasteiger partial charge in [0.2, 0.25) is 5.95 Å². The highest BCUT2D eigenvalue weighted by atomic mass is 16.2. The molecule has 1 amide bonds. The molecule has 0 spiro atoms. The Bertz CT molecular complexity index is 461. The number of hydrogen-bond donors (Lipinski definition) is 0. The molecule has 0 atom stereocenters. The predicted octanol–water partition coefficient (Wildman–Crippen LogP) is 0.464. The van der Waals surface area contributed by atoms with Gasteiger partial charge in [-0.1, -0.05) is 0 Å². The second-order valence-corrected chi connectivity index (χ2v) is 5.56. The third-order valence-corrected chi connectivity index (χ3v) is 4.06. The Kier molecular flexibility index (Phi) is 3.82. The van der Waals surface area contributed by atoms with Crippen molar-refractivity contribution in [3.63, 3.8) is 0 Å². The van der Waals surface area contributed by atoms with E-state index in [9.17, 15) is 4.79 Å². The molecule has 3 heterocycles. The Morgan fingerprint density at radius 2 is 1.60 bits per heavy atom. The molecule has 2 aliphatic heterocycles. The van der Waals surface area contributed by atoms with Crippen LogP contribution in [-0.2, 0) is 0 Å². The molecule has 0 saturated carbocycles. The van der Waals surface area contributed by atoms with Gasteiger partial charge in [0.05, 0.1) is 5.56 Å². The number of hydrogen-bond acceptors (Lipinski definition) is 5. The van der Waals surface area contributed by atoms with Gasteiger partial charge in [-0.2, -0.15) is 0 Å². The van der Waals surface area contributed by atoms with Gasteiger partial charge in [-0.3, -0.25) is 4.79 Å². The number of carbonyl (C=O) groups is 1. The van der Waals surface area contributed by atoms with Crippen molar-refractivity contribution in [3.05, 3.63) is 18.0 Å². The molecule has 0 aromatic carbocycles. The Labute approximate surface area is 119 Å². The van der Waals surface area contributed by atoms with E-state index in [1.165, 1.54) is 12.8 Å². The lowest BCUT2D eigenvalue weighted by atomic mass is 10.2. The molecular weight excluding hydrogens is 254 g/mol. The zero-order chi connectivity index (χ0) is 13.9. The Balaban J connectivity index is 1.66. The van der Waals surface area contributed by atoms with E-state index in [1.807, 2.05) is 4.90 Å². The molecular formula is C14H21N5O. The van der Waals surface area contributed by atoms with Crippen molar-refractivity contribution in [2.24, 2.45) is 0 Å². The number of amides is 1. The summed E-state index contributed by atoms with van der Waals surface area (Å²) in [5.41, 5.74) is 0.595. The summed E-state index contributed by atoms with van der Waals surface area (Å²) in [7, 11) is 2.08. The minimum absolute atomic E-state index is 0.0473. The predicted molar refractivity (Wildman–Crippen MR) is 76.9 cm³/mol. The van der Waals surface area contributed by atoms with Crippen LogP contribution in [0.2, 0.25) is 0 Å². The van der Waals surface area contributed by atoms with E-state index in [1.54, 1.807) is 12.4 Å². The summed E-state index contributed by atoms with van der Waals surface area (Å²) in [6.07, 6.45) is 5.74. The number of nitrogens with zero attached hydrogens (tertiary/aromatic N) is 5. The van der Waals surface area contributed by atoms with E-state index >= 15 is 0 Å². The van der Waals surface area contributed by atoms with Gasteiger partial charge in [0.15, 0.2) is 0 Å². The monoisotopic (exact) mass is 275 g/mol. The summed E-state index contributed by atoms with van der Waals surface area (Å²) in [4.78, 5) is 27.3. The molecule has 0 aliphatic carbocycles. The first-order valence-corrected chi connectivity index (χ1v) is 7.29. The number of anilines is 1. The first kappa shape index (κ1) is 13.3. The van der Waals surface area contributed by atoms with Crippen LogP contribution in [0.3, 0.4) is 0 Å². The second-order valence-electron chi connectivity index (χ2n) is 5.56. The van der Waals surface area contributed by atoms with Crippen molar-refractivity contribution in [2.45, 2.75) is 12.8 Å². The zero-order valence-electron chi connectivity index (χ0n) is 12.0. The highest BCUT2D eigenvalue weighted by Crippen LogP contribution is 2.15. The normalized spacial score (nSPS) is 20.4. The summed E-state index contributed by atoms with van der Waals surface area (Å²) < 4.78 is 0. The molecule has 0 unspecified atom stereocenters. The Hall–Kier alpha value is -1.69. The lowest BCUT2D eigenvalue weighted by molar-refractivity contribution is 0.0663. The highest BCUT2D eigenvalue weighted by molar-refractivity contribution is 5.93. The van der Waals surface area contributed by atoms with Crippen molar-refractivity contribution < 1.29 is 4.79 Å². The van der Waals surface area contributed by atoms with Gasteiger partial charge in [-0.15, -0.1) is 0 Å². The minimum Gasteiger partial charge on any atom is -0.341 e. The number of piperazine rings is 1. The average molecular weight is 275 g/mol. The van der Waals surface area contributed by atoms with Crippen LogP contribution in [0.25, 0.3) is 0 Å². The fourth-order valence-electron chi connectivity index (χ4n) is 2.70. The van der Waals surface area contributed by atoms with Crippen molar-refractivity contribution in [1.82, 2.24) is 19.8 Å². The molecule has 3 rings (SSSR count). The van der Waals surface area contributed by atoms with Gasteiger partial charge >= 0.3 is 0 Å². The largest absolute Gasteiger partial charge is 0.341 e. The molecule has 1 aromatic heterocycles. The van der Waals surface area contributed by atoms with E-state index in [0.29, 0.717) is 5.56 Å². The van der Waals surface area contributed by atoms with Gasteiger partial charge in [0.1, 0.15) is 0 Å². The molecule has 0 N–H and O–H groups in total. The van der Waals surface area contributed by atoms with Crippen LogP contribution >= 0.6 is 0 Å². The maximum atomic E-state index is 12.4. The minimum atomic E-state index is 0.0473. The number of rotatable bonds is 2. The second kappa shape index (κ2) is 5.75. The number of likely N-dealkylation sites (N-methyl/N-ethyl adjacent to an activating group) is 1. The number of carbonyl (C=O) groups excluding carboxylic acids is 1. The standard InChI is InChI=1S/C14H21N5O/c1-17-6-8-18(9-7-17)13(20)12-10-15-14(16-11-12)19-4-2-3-5-19/h10-11H,2-9H2,1H3. The molecule has 20 heavy (non-hydrogen) atoms. The zero-order valence-corrected chi connectivity index (χ0v) is 12.0. The lowest BCUT2D eigenvalue weighted by Gasteiger charge is -2.32. The number of aromatic nitrogens is 2. The van der Waals surface area contributed by atoms with E-state index in [-0.39, 0.29) is 5.91 Å². The topological polar surface area (TPSA) is 52.6 Å².